The van der Waals surface area contributed by atoms with Crippen LogP contribution in [0, 0.1) is 12.3 Å². The Morgan fingerprint density at radius 2 is 2.04 bits per heavy atom. The van der Waals surface area contributed by atoms with E-state index in [0.717, 1.165) is 42.6 Å². The van der Waals surface area contributed by atoms with Crippen LogP contribution in [0.1, 0.15) is 41.3 Å². The summed E-state index contributed by atoms with van der Waals surface area (Å²) < 4.78 is 0. The Morgan fingerprint density at radius 3 is 2.71 bits per heavy atom. The summed E-state index contributed by atoms with van der Waals surface area (Å²) in [6.45, 7) is 4.17. The van der Waals surface area contributed by atoms with Crippen LogP contribution in [0.3, 0.4) is 0 Å². The standard InChI is InChI=1S/C22H26N4O2.H2/c1-15-13-16(6-8-18(15)22(28)26-11-2-3-12-26)5-4-10-25-19-14-17(21(23)24)7-9-20(19)27;/h4-9,13-14,25,27H,2-3,10-12H2,1H3,(H3,23,24);1H. The molecule has 0 radical (unpaired) electrons. The molecule has 1 saturated heterocycles. The SMILES string of the molecule is Cc1cc(C=CCNc2cc(C(=N)N)ccc2O)ccc1C(=O)N1CCCC1.[HH]. The van der Waals surface area contributed by atoms with Crippen molar-refractivity contribution in [2.24, 2.45) is 5.73 Å². The van der Waals surface area contributed by atoms with Crippen LogP contribution in [0.25, 0.3) is 6.08 Å². The molecule has 1 amide bonds. The van der Waals surface area contributed by atoms with Crippen LogP contribution in [0.2, 0.25) is 0 Å². The minimum atomic E-state index is -0.0439. The van der Waals surface area contributed by atoms with E-state index in [1.54, 1.807) is 12.1 Å². The van der Waals surface area contributed by atoms with Crippen molar-refractivity contribution in [3.05, 3.63) is 64.7 Å². The summed E-state index contributed by atoms with van der Waals surface area (Å²) >= 11 is 0. The second kappa shape index (κ2) is 8.61. The summed E-state index contributed by atoms with van der Waals surface area (Å²) in [5, 5.41) is 20.5. The molecular formula is C22H28N4O2. The van der Waals surface area contributed by atoms with Gasteiger partial charge in [0.05, 0.1) is 5.69 Å². The van der Waals surface area contributed by atoms with Crippen molar-refractivity contribution in [3.63, 3.8) is 0 Å². The lowest BCUT2D eigenvalue weighted by Gasteiger charge is -2.16. The van der Waals surface area contributed by atoms with Crippen molar-refractivity contribution in [3.8, 4) is 5.75 Å². The van der Waals surface area contributed by atoms with Crippen molar-refractivity contribution in [1.29, 1.82) is 5.41 Å². The minimum Gasteiger partial charge on any atom is -0.506 e. The molecule has 0 unspecified atom stereocenters. The predicted octanol–water partition coefficient (Wildman–Crippen LogP) is 3.59. The fraction of sp³-hybridized carbons (Fsp3) is 0.273. The van der Waals surface area contributed by atoms with Gasteiger partial charge in [-0.05, 0) is 55.2 Å². The van der Waals surface area contributed by atoms with Gasteiger partial charge in [0.1, 0.15) is 11.6 Å². The summed E-state index contributed by atoms with van der Waals surface area (Å²) in [5.74, 6) is 0.185. The van der Waals surface area contributed by atoms with Crippen LogP contribution in [0.5, 0.6) is 5.75 Å². The highest BCUT2D eigenvalue weighted by Gasteiger charge is 2.20. The number of phenols is 1. The Bertz CT molecular complexity index is 921. The summed E-state index contributed by atoms with van der Waals surface area (Å²) in [4.78, 5) is 14.5. The summed E-state index contributed by atoms with van der Waals surface area (Å²) in [6, 6.07) is 10.6. The molecule has 0 atom stereocenters. The first kappa shape index (κ1) is 19.5. The van der Waals surface area contributed by atoms with E-state index in [1.165, 1.54) is 6.07 Å². The van der Waals surface area contributed by atoms with Crippen LogP contribution >= 0.6 is 0 Å². The number of nitrogens with two attached hydrogens (primary N) is 1. The van der Waals surface area contributed by atoms with Gasteiger partial charge in [-0.15, -0.1) is 0 Å². The maximum atomic E-state index is 12.6. The highest BCUT2D eigenvalue weighted by molar-refractivity contribution is 5.96. The number of phenolic OH excluding ortho intramolecular Hbond substituents is 1. The molecule has 0 spiro atoms. The van der Waals surface area contributed by atoms with E-state index in [9.17, 15) is 9.90 Å². The zero-order valence-electron chi connectivity index (χ0n) is 16.0. The monoisotopic (exact) mass is 380 g/mol. The quantitative estimate of drug-likeness (QED) is 0.349. The van der Waals surface area contributed by atoms with Crippen molar-refractivity contribution in [1.82, 2.24) is 4.90 Å². The molecule has 0 aromatic heterocycles. The van der Waals surface area contributed by atoms with Gasteiger partial charge < -0.3 is 21.1 Å². The van der Waals surface area contributed by atoms with Crippen LogP contribution < -0.4 is 11.1 Å². The number of nitrogens with one attached hydrogen (secondary N) is 2. The number of nitrogens with zero attached hydrogens (tertiary/aromatic N) is 1. The topological polar surface area (TPSA) is 102 Å². The van der Waals surface area contributed by atoms with Gasteiger partial charge in [-0.2, -0.15) is 0 Å². The Kier molecular flexibility index (Phi) is 5.99. The number of hydrogen-bond donors (Lipinski definition) is 4. The van der Waals surface area contributed by atoms with E-state index < -0.39 is 0 Å². The fourth-order valence-corrected chi connectivity index (χ4v) is 3.33. The van der Waals surface area contributed by atoms with E-state index in [0.29, 0.717) is 17.8 Å². The predicted molar refractivity (Wildman–Crippen MR) is 115 cm³/mol. The van der Waals surface area contributed by atoms with Crippen LogP contribution in [-0.2, 0) is 0 Å². The molecule has 1 heterocycles. The van der Waals surface area contributed by atoms with Gasteiger partial charge in [0.25, 0.3) is 5.91 Å². The average Bonchev–Trinajstić information content (AvgIpc) is 3.20. The van der Waals surface area contributed by atoms with Gasteiger partial charge >= 0.3 is 0 Å². The lowest BCUT2D eigenvalue weighted by Crippen LogP contribution is -2.28. The Labute approximate surface area is 166 Å². The molecule has 28 heavy (non-hydrogen) atoms. The summed E-state index contributed by atoms with van der Waals surface area (Å²) in [6.07, 6.45) is 6.08. The zero-order chi connectivity index (χ0) is 20.1. The molecule has 1 fully saturated rings. The average molecular weight is 380 g/mol. The fourth-order valence-electron chi connectivity index (χ4n) is 3.33. The molecule has 2 aromatic rings. The van der Waals surface area contributed by atoms with Gasteiger partial charge in [-0.1, -0.05) is 24.3 Å². The van der Waals surface area contributed by atoms with E-state index in [1.807, 2.05) is 42.2 Å². The number of nitrogen functional groups attached to an aromatic ring is 1. The van der Waals surface area contributed by atoms with Gasteiger partial charge in [-0.25, -0.2) is 0 Å². The Balaban J connectivity index is 0.00000300. The molecule has 0 bridgehead atoms. The number of carbonyl (C=O) groups is 1. The molecule has 0 aliphatic carbocycles. The lowest BCUT2D eigenvalue weighted by atomic mass is 10.0. The second-order valence-electron chi connectivity index (χ2n) is 7.00. The van der Waals surface area contributed by atoms with E-state index in [2.05, 4.69) is 5.32 Å². The molecule has 6 nitrogen and oxygen atoms in total. The summed E-state index contributed by atoms with van der Waals surface area (Å²) in [5.41, 5.74) is 9.32. The molecule has 3 rings (SSSR count). The molecule has 1 aliphatic heterocycles. The number of hydrogen-bond acceptors (Lipinski definition) is 4. The maximum Gasteiger partial charge on any atom is 0.254 e. The Morgan fingerprint density at radius 1 is 1.29 bits per heavy atom. The highest BCUT2D eigenvalue weighted by Crippen LogP contribution is 2.24. The van der Waals surface area contributed by atoms with Crippen LogP contribution in [0.15, 0.2) is 42.5 Å². The number of aromatic hydroxyl groups is 1. The first-order valence-corrected chi connectivity index (χ1v) is 9.43. The lowest BCUT2D eigenvalue weighted by molar-refractivity contribution is 0.0792. The highest BCUT2D eigenvalue weighted by atomic mass is 16.3. The molecule has 5 N–H and O–H groups in total. The second-order valence-corrected chi connectivity index (χ2v) is 7.00. The molecule has 1 aliphatic rings. The van der Waals surface area contributed by atoms with Crippen LogP contribution in [0.4, 0.5) is 5.69 Å². The first-order chi connectivity index (χ1) is 13.5. The van der Waals surface area contributed by atoms with Crippen molar-refractivity contribution >= 4 is 23.5 Å². The number of aryl methyl sites for hydroxylation is 1. The van der Waals surface area contributed by atoms with E-state index >= 15 is 0 Å². The third kappa shape index (κ3) is 4.52. The Hall–Kier alpha value is -3.28. The number of amidine groups is 1. The van der Waals surface area contributed by atoms with Crippen molar-refractivity contribution in [2.75, 3.05) is 25.0 Å². The van der Waals surface area contributed by atoms with Crippen molar-refractivity contribution < 1.29 is 11.3 Å². The third-order valence-electron chi connectivity index (χ3n) is 4.90. The van der Waals surface area contributed by atoms with Gasteiger partial charge in [0.15, 0.2) is 0 Å². The number of carbonyl (C=O) groups excluding carboxylic acids is 1. The number of rotatable bonds is 6. The largest absolute Gasteiger partial charge is 0.506 e. The number of amides is 1. The molecule has 148 valence electrons. The normalized spacial score (nSPS) is 13.8. The molecule has 6 heteroatoms. The maximum absolute atomic E-state index is 12.6. The molecular weight excluding hydrogens is 352 g/mol. The van der Waals surface area contributed by atoms with Crippen LogP contribution in [-0.4, -0.2) is 41.4 Å². The van der Waals surface area contributed by atoms with Gasteiger partial charge in [0.2, 0.25) is 0 Å². The third-order valence-corrected chi connectivity index (χ3v) is 4.90. The number of anilines is 1. The zero-order valence-corrected chi connectivity index (χ0v) is 16.0. The summed E-state index contributed by atoms with van der Waals surface area (Å²) in [7, 11) is 0. The number of likely N-dealkylation sites (tertiary alicyclic amines) is 1. The first-order valence-electron chi connectivity index (χ1n) is 9.43. The minimum absolute atomic E-state index is 0. The van der Waals surface area contributed by atoms with Gasteiger partial charge in [0, 0.05) is 32.2 Å². The van der Waals surface area contributed by atoms with Gasteiger partial charge in [-0.3, -0.25) is 10.2 Å². The number of benzene rings is 2. The van der Waals surface area contributed by atoms with E-state index in [-0.39, 0.29) is 18.9 Å². The molecule has 2 aromatic carbocycles. The smallest absolute Gasteiger partial charge is 0.254 e. The van der Waals surface area contributed by atoms with E-state index in [4.69, 9.17) is 11.1 Å². The molecule has 0 saturated carbocycles. The van der Waals surface area contributed by atoms with Crippen molar-refractivity contribution in [2.45, 2.75) is 19.8 Å².